The van der Waals surface area contributed by atoms with E-state index in [9.17, 15) is 14.7 Å². The summed E-state index contributed by atoms with van der Waals surface area (Å²) in [6.07, 6.45) is 4.21. The molecular formula is C16H21NO3. The quantitative estimate of drug-likeness (QED) is 0.866. The molecule has 2 N–H and O–H groups in total. The predicted octanol–water partition coefficient (Wildman–Crippen LogP) is 2.30. The van der Waals surface area contributed by atoms with Crippen LogP contribution >= 0.6 is 0 Å². The molecule has 0 heterocycles. The van der Waals surface area contributed by atoms with Crippen LogP contribution in [0.5, 0.6) is 0 Å². The van der Waals surface area contributed by atoms with E-state index in [1.807, 2.05) is 31.2 Å². The Bertz CT molecular complexity index is 492. The first kappa shape index (κ1) is 14.6. The summed E-state index contributed by atoms with van der Waals surface area (Å²) in [6, 6.07) is 6.88. The molecule has 1 aromatic carbocycles. The number of amides is 1. The SMILES string of the molecule is Cc1cccc(C[C@H](NC(=O)C2CCCC2)C(=O)O)c1. The summed E-state index contributed by atoms with van der Waals surface area (Å²) in [4.78, 5) is 23.4. The molecule has 1 aliphatic carbocycles. The number of carboxylic acids is 1. The number of aliphatic carboxylic acids is 1. The highest BCUT2D eigenvalue weighted by molar-refractivity contribution is 5.85. The third-order valence-electron chi connectivity index (χ3n) is 3.86. The van der Waals surface area contributed by atoms with Crippen LogP contribution in [0.2, 0.25) is 0 Å². The third-order valence-corrected chi connectivity index (χ3v) is 3.86. The summed E-state index contributed by atoms with van der Waals surface area (Å²) in [5.74, 6) is -1.09. The van der Waals surface area contributed by atoms with Gasteiger partial charge in [0.15, 0.2) is 0 Å². The molecule has 0 saturated heterocycles. The number of aryl methyl sites for hydroxylation is 1. The van der Waals surface area contributed by atoms with E-state index in [0.29, 0.717) is 6.42 Å². The van der Waals surface area contributed by atoms with Crippen LogP contribution in [0.4, 0.5) is 0 Å². The Hall–Kier alpha value is -1.84. The normalized spacial score (nSPS) is 16.9. The molecule has 108 valence electrons. The van der Waals surface area contributed by atoms with Gasteiger partial charge in [-0.2, -0.15) is 0 Å². The van der Waals surface area contributed by atoms with Gasteiger partial charge in [-0.05, 0) is 25.3 Å². The van der Waals surface area contributed by atoms with Gasteiger partial charge in [-0.25, -0.2) is 4.79 Å². The van der Waals surface area contributed by atoms with Crippen molar-refractivity contribution in [2.24, 2.45) is 5.92 Å². The highest BCUT2D eigenvalue weighted by Crippen LogP contribution is 2.24. The smallest absolute Gasteiger partial charge is 0.326 e. The fraction of sp³-hybridized carbons (Fsp3) is 0.500. The molecular weight excluding hydrogens is 254 g/mol. The third kappa shape index (κ3) is 3.83. The van der Waals surface area contributed by atoms with Crippen molar-refractivity contribution in [3.8, 4) is 0 Å². The summed E-state index contributed by atoms with van der Waals surface area (Å²) in [6.45, 7) is 1.97. The van der Waals surface area contributed by atoms with E-state index in [2.05, 4.69) is 5.32 Å². The standard InChI is InChI=1S/C16H21NO3/c1-11-5-4-6-12(9-11)10-14(16(19)20)17-15(18)13-7-2-3-8-13/h4-6,9,13-14H,2-3,7-8,10H2,1H3,(H,17,18)(H,19,20)/t14-/m0/s1. The number of carbonyl (C=O) groups excluding carboxylic acids is 1. The maximum atomic E-state index is 12.0. The van der Waals surface area contributed by atoms with E-state index < -0.39 is 12.0 Å². The zero-order valence-corrected chi connectivity index (χ0v) is 11.8. The lowest BCUT2D eigenvalue weighted by Gasteiger charge is -2.17. The Morgan fingerprint density at radius 2 is 2.05 bits per heavy atom. The second-order valence-electron chi connectivity index (χ2n) is 5.57. The molecule has 1 amide bonds. The van der Waals surface area contributed by atoms with Gasteiger partial charge in [0.1, 0.15) is 6.04 Å². The van der Waals surface area contributed by atoms with Crippen molar-refractivity contribution >= 4 is 11.9 Å². The van der Waals surface area contributed by atoms with Crippen molar-refractivity contribution in [3.05, 3.63) is 35.4 Å². The number of benzene rings is 1. The van der Waals surface area contributed by atoms with Gasteiger partial charge in [-0.3, -0.25) is 4.79 Å². The Kier molecular flexibility index (Phi) is 4.77. The first-order valence-electron chi connectivity index (χ1n) is 7.15. The van der Waals surface area contributed by atoms with Crippen LogP contribution < -0.4 is 5.32 Å². The number of carboxylic acid groups (broad SMARTS) is 1. The summed E-state index contributed by atoms with van der Waals surface area (Å²) < 4.78 is 0. The summed E-state index contributed by atoms with van der Waals surface area (Å²) >= 11 is 0. The van der Waals surface area contributed by atoms with Crippen molar-refractivity contribution in [2.75, 3.05) is 0 Å². The van der Waals surface area contributed by atoms with Crippen LogP contribution in [-0.2, 0) is 16.0 Å². The van der Waals surface area contributed by atoms with Crippen molar-refractivity contribution in [1.82, 2.24) is 5.32 Å². The topological polar surface area (TPSA) is 66.4 Å². The molecule has 2 rings (SSSR count). The lowest BCUT2D eigenvalue weighted by Crippen LogP contribution is -2.44. The van der Waals surface area contributed by atoms with Gasteiger partial charge in [0.2, 0.25) is 5.91 Å². The first-order chi connectivity index (χ1) is 9.56. The van der Waals surface area contributed by atoms with Crippen LogP contribution in [0.25, 0.3) is 0 Å². The van der Waals surface area contributed by atoms with Crippen LogP contribution in [0.1, 0.15) is 36.8 Å². The highest BCUT2D eigenvalue weighted by Gasteiger charge is 2.27. The van der Waals surface area contributed by atoms with E-state index in [-0.39, 0.29) is 11.8 Å². The Balaban J connectivity index is 2.00. The van der Waals surface area contributed by atoms with Gasteiger partial charge in [0.05, 0.1) is 0 Å². The Labute approximate surface area is 119 Å². The summed E-state index contributed by atoms with van der Waals surface area (Å²) in [5, 5.41) is 12.0. The average molecular weight is 275 g/mol. The minimum Gasteiger partial charge on any atom is -0.480 e. The lowest BCUT2D eigenvalue weighted by molar-refractivity contribution is -0.142. The minimum atomic E-state index is -0.974. The van der Waals surface area contributed by atoms with E-state index in [0.717, 1.165) is 36.8 Å². The van der Waals surface area contributed by atoms with E-state index in [1.54, 1.807) is 0 Å². The second kappa shape index (κ2) is 6.55. The maximum Gasteiger partial charge on any atom is 0.326 e. The molecule has 0 radical (unpaired) electrons. The summed E-state index contributed by atoms with van der Waals surface area (Å²) in [5.41, 5.74) is 2.03. The number of hydrogen-bond donors (Lipinski definition) is 2. The van der Waals surface area contributed by atoms with Crippen LogP contribution in [0, 0.1) is 12.8 Å². The van der Waals surface area contributed by atoms with Crippen LogP contribution in [-0.4, -0.2) is 23.0 Å². The van der Waals surface area contributed by atoms with Crippen LogP contribution in [0.15, 0.2) is 24.3 Å². The molecule has 1 atom stereocenters. The maximum absolute atomic E-state index is 12.0. The van der Waals surface area contributed by atoms with Gasteiger partial charge in [0.25, 0.3) is 0 Å². The largest absolute Gasteiger partial charge is 0.480 e. The van der Waals surface area contributed by atoms with Crippen molar-refractivity contribution in [1.29, 1.82) is 0 Å². The second-order valence-corrected chi connectivity index (χ2v) is 5.57. The monoisotopic (exact) mass is 275 g/mol. The van der Waals surface area contributed by atoms with E-state index >= 15 is 0 Å². The molecule has 0 aliphatic heterocycles. The molecule has 0 spiro atoms. The minimum absolute atomic E-state index is 0.00522. The zero-order chi connectivity index (χ0) is 14.5. The van der Waals surface area contributed by atoms with Crippen molar-refractivity contribution < 1.29 is 14.7 Å². The molecule has 1 fully saturated rings. The van der Waals surface area contributed by atoms with Gasteiger partial charge in [0, 0.05) is 12.3 Å². The van der Waals surface area contributed by atoms with Crippen molar-refractivity contribution in [2.45, 2.75) is 45.1 Å². The summed E-state index contributed by atoms with van der Waals surface area (Å²) in [7, 11) is 0. The molecule has 0 aromatic heterocycles. The molecule has 4 nitrogen and oxygen atoms in total. The fourth-order valence-electron chi connectivity index (χ4n) is 2.75. The van der Waals surface area contributed by atoms with Crippen LogP contribution in [0.3, 0.4) is 0 Å². The lowest BCUT2D eigenvalue weighted by atomic mass is 10.0. The van der Waals surface area contributed by atoms with Gasteiger partial charge in [-0.15, -0.1) is 0 Å². The molecule has 0 bridgehead atoms. The van der Waals surface area contributed by atoms with Crippen molar-refractivity contribution in [3.63, 3.8) is 0 Å². The molecule has 1 saturated carbocycles. The predicted molar refractivity (Wildman–Crippen MR) is 76.4 cm³/mol. The molecule has 0 unspecified atom stereocenters. The van der Waals surface area contributed by atoms with E-state index in [1.165, 1.54) is 0 Å². The first-order valence-corrected chi connectivity index (χ1v) is 7.15. The number of hydrogen-bond acceptors (Lipinski definition) is 2. The number of carbonyl (C=O) groups is 2. The average Bonchev–Trinajstić information content (AvgIpc) is 2.91. The fourth-order valence-corrected chi connectivity index (χ4v) is 2.75. The highest BCUT2D eigenvalue weighted by atomic mass is 16.4. The zero-order valence-electron chi connectivity index (χ0n) is 11.8. The molecule has 1 aromatic rings. The molecule has 20 heavy (non-hydrogen) atoms. The van der Waals surface area contributed by atoms with Gasteiger partial charge in [-0.1, -0.05) is 42.7 Å². The number of rotatable bonds is 5. The van der Waals surface area contributed by atoms with Gasteiger partial charge < -0.3 is 10.4 Å². The van der Waals surface area contributed by atoms with Gasteiger partial charge >= 0.3 is 5.97 Å². The molecule has 4 heteroatoms. The van der Waals surface area contributed by atoms with E-state index in [4.69, 9.17) is 0 Å². The Morgan fingerprint density at radius 3 is 2.65 bits per heavy atom. The Morgan fingerprint density at radius 1 is 1.35 bits per heavy atom. The number of nitrogens with one attached hydrogen (secondary N) is 1. The molecule has 1 aliphatic rings.